The van der Waals surface area contributed by atoms with Crippen molar-refractivity contribution in [3.8, 4) is 0 Å². The number of benzene rings is 1. The summed E-state index contributed by atoms with van der Waals surface area (Å²) in [6.07, 6.45) is 4.14. The van der Waals surface area contributed by atoms with Crippen LogP contribution in [0, 0.1) is 5.92 Å². The van der Waals surface area contributed by atoms with Crippen LogP contribution in [0.15, 0.2) is 30.4 Å². The lowest BCUT2D eigenvalue weighted by Crippen LogP contribution is -2.24. The summed E-state index contributed by atoms with van der Waals surface area (Å²) in [6, 6.07) is 4.39. The van der Waals surface area contributed by atoms with Crippen molar-refractivity contribution in [3.05, 3.63) is 40.9 Å². The summed E-state index contributed by atoms with van der Waals surface area (Å²) in [5.74, 6) is -1.05. The standard InChI is InChI=1S/C13H14ClN3O2/c14-10-4-2-7(12(16)18)6-11(10)17-13(19)8-1-3-9(15)5-8/h1-4,6,8-9H,5,15H2,(H2,16,18)(H,17,19). The van der Waals surface area contributed by atoms with Gasteiger partial charge in [-0.3, -0.25) is 9.59 Å². The molecule has 1 aromatic carbocycles. The van der Waals surface area contributed by atoms with Crippen LogP contribution in [0.5, 0.6) is 0 Å². The van der Waals surface area contributed by atoms with E-state index in [1.807, 2.05) is 0 Å². The van der Waals surface area contributed by atoms with Crippen LogP contribution in [0.1, 0.15) is 16.8 Å². The van der Waals surface area contributed by atoms with E-state index in [-0.39, 0.29) is 17.9 Å². The van der Waals surface area contributed by atoms with Crippen molar-refractivity contribution in [2.24, 2.45) is 17.4 Å². The Morgan fingerprint density at radius 3 is 2.63 bits per heavy atom. The normalized spacial score (nSPS) is 21.4. The molecule has 0 spiro atoms. The van der Waals surface area contributed by atoms with Gasteiger partial charge in [0.1, 0.15) is 0 Å². The van der Waals surface area contributed by atoms with Gasteiger partial charge in [-0.05, 0) is 24.6 Å². The third-order valence-corrected chi connectivity index (χ3v) is 3.29. The highest BCUT2D eigenvalue weighted by Gasteiger charge is 2.23. The molecule has 2 amide bonds. The first-order chi connectivity index (χ1) is 8.97. The Hall–Kier alpha value is -1.85. The Morgan fingerprint density at radius 1 is 1.32 bits per heavy atom. The molecule has 100 valence electrons. The zero-order chi connectivity index (χ0) is 14.0. The average Bonchev–Trinajstić information content (AvgIpc) is 2.78. The third-order valence-electron chi connectivity index (χ3n) is 2.96. The van der Waals surface area contributed by atoms with Gasteiger partial charge in [-0.15, -0.1) is 0 Å². The van der Waals surface area contributed by atoms with Crippen molar-refractivity contribution < 1.29 is 9.59 Å². The molecule has 2 atom stereocenters. The van der Waals surface area contributed by atoms with Crippen LogP contribution in [0.4, 0.5) is 5.69 Å². The fourth-order valence-electron chi connectivity index (χ4n) is 1.92. The Morgan fingerprint density at radius 2 is 2.05 bits per heavy atom. The number of primary amides is 1. The molecule has 2 rings (SSSR count). The lowest BCUT2D eigenvalue weighted by Gasteiger charge is -2.12. The fourth-order valence-corrected chi connectivity index (χ4v) is 2.09. The van der Waals surface area contributed by atoms with Gasteiger partial charge >= 0.3 is 0 Å². The predicted octanol–water partition coefficient (Wildman–Crippen LogP) is 1.28. The van der Waals surface area contributed by atoms with E-state index in [0.29, 0.717) is 22.7 Å². The van der Waals surface area contributed by atoms with Crippen molar-refractivity contribution in [1.29, 1.82) is 0 Å². The molecule has 6 heteroatoms. The van der Waals surface area contributed by atoms with Crippen molar-refractivity contribution in [1.82, 2.24) is 0 Å². The number of carbonyl (C=O) groups excluding carboxylic acids is 2. The third kappa shape index (κ3) is 3.13. The van der Waals surface area contributed by atoms with Gasteiger partial charge in [-0.1, -0.05) is 23.8 Å². The van der Waals surface area contributed by atoms with Crippen LogP contribution in [0.3, 0.4) is 0 Å². The highest BCUT2D eigenvalue weighted by atomic mass is 35.5. The van der Waals surface area contributed by atoms with Crippen molar-refractivity contribution in [2.45, 2.75) is 12.5 Å². The molecule has 0 radical (unpaired) electrons. The second-order valence-corrected chi connectivity index (χ2v) is 4.85. The number of amides is 2. The van der Waals surface area contributed by atoms with Crippen LogP contribution in [-0.2, 0) is 4.79 Å². The van der Waals surface area contributed by atoms with E-state index in [0.717, 1.165) is 0 Å². The number of carbonyl (C=O) groups is 2. The lowest BCUT2D eigenvalue weighted by molar-refractivity contribution is -0.118. The van der Waals surface area contributed by atoms with E-state index in [4.69, 9.17) is 23.1 Å². The molecule has 1 aliphatic carbocycles. The summed E-state index contributed by atoms with van der Waals surface area (Å²) in [6.45, 7) is 0. The van der Waals surface area contributed by atoms with E-state index < -0.39 is 5.91 Å². The van der Waals surface area contributed by atoms with E-state index >= 15 is 0 Å². The molecule has 0 bridgehead atoms. The van der Waals surface area contributed by atoms with Gasteiger partial charge in [-0.2, -0.15) is 0 Å². The second-order valence-electron chi connectivity index (χ2n) is 4.44. The number of nitrogens with one attached hydrogen (secondary N) is 1. The van der Waals surface area contributed by atoms with Crippen LogP contribution < -0.4 is 16.8 Å². The highest BCUT2D eigenvalue weighted by molar-refractivity contribution is 6.34. The van der Waals surface area contributed by atoms with E-state index in [1.165, 1.54) is 18.2 Å². The highest BCUT2D eigenvalue weighted by Crippen LogP contribution is 2.25. The summed E-state index contributed by atoms with van der Waals surface area (Å²) in [4.78, 5) is 23.1. The Balaban J connectivity index is 2.14. The van der Waals surface area contributed by atoms with Crippen LogP contribution in [-0.4, -0.2) is 17.9 Å². The van der Waals surface area contributed by atoms with Gasteiger partial charge in [0.15, 0.2) is 0 Å². The van der Waals surface area contributed by atoms with Crippen LogP contribution >= 0.6 is 11.6 Å². The van der Waals surface area contributed by atoms with Gasteiger partial charge in [0.25, 0.3) is 0 Å². The molecule has 0 heterocycles. The lowest BCUT2D eigenvalue weighted by atomic mass is 10.1. The number of nitrogens with two attached hydrogens (primary N) is 2. The van der Waals surface area contributed by atoms with E-state index in [2.05, 4.69) is 5.32 Å². The smallest absolute Gasteiger partial charge is 0.248 e. The number of hydrogen-bond donors (Lipinski definition) is 3. The molecule has 0 fully saturated rings. The van der Waals surface area contributed by atoms with Gasteiger partial charge in [0, 0.05) is 11.6 Å². The summed E-state index contributed by atoms with van der Waals surface area (Å²) >= 11 is 5.97. The molecular formula is C13H14ClN3O2. The largest absolute Gasteiger partial charge is 0.366 e. The minimum Gasteiger partial charge on any atom is -0.366 e. The topological polar surface area (TPSA) is 98.2 Å². The van der Waals surface area contributed by atoms with Crippen molar-refractivity contribution in [2.75, 3.05) is 5.32 Å². The van der Waals surface area contributed by atoms with Gasteiger partial charge in [-0.25, -0.2) is 0 Å². The monoisotopic (exact) mass is 279 g/mol. The molecular weight excluding hydrogens is 266 g/mol. The first-order valence-electron chi connectivity index (χ1n) is 5.81. The molecule has 19 heavy (non-hydrogen) atoms. The quantitative estimate of drug-likeness (QED) is 0.727. The number of rotatable bonds is 3. The number of halogens is 1. The SMILES string of the molecule is NC(=O)c1ccc(Cl)c(NC(=O)C2C=CC(N)C2)c1. The first kappa shape index (κ1) is 13.6. The van der Waals surface area contributed by atoms with Crippen LogP contribution in [0.25, 0.3) is 0 Å². The maximum Gasteiger partial charge on any atom is 0.248 e. The first-order valence-corrected chi connectivity index (χ1v) is 6.19. The molecule has 5 nitrogen and oxygen atoms in total. The Kier molecular flexibility index (Phi) is 3.87. The molecule has 1 aliphatic rings. The summed E-state index contributed by atoms with van der Waals surface area (Å²) < 4.78 is 0. The zero-order valence-electron chi connectivity index (χ0n) is 10.1. The van der Waals surface area contributed by atoms with Crippen molar-refractivity contribution in [3.63, 3.8) is 0 Å². The molecule has 0 aromatic heterocycles. The summed E-state index contributed by atoms with van der Waals surface area (Å²) in [7, 11) is 0. The average molecular weight is 280 g/mol. The second kappa shape index (κ2) is 5.42. The molecule has 1 aromatic rings. The molecule has 0 aliphatic heterocycles. The summed E-state index contributed by atoms with van der Waals surface area (Å²) in [5, 5.41) is 3.03. The molecule has 5 N–H and O–H groups in total. The zero-order valence-corrected chi connectivity index (χ0v) is 10.9. The van der Waals surface area contributed by atoms with E-state index in [9.17, 15) is 9.59 Å². The molecule has 0 saturated carbocycles. The van der Waals surface area contributed by atoms with Gasteiger partial charge in [0.05, 0.1) is 16.6 Å². The van der Waals surface area contributed by atoms with E-state index in [1.54, 1.807) is 12.2 Å². The minimum absolute atomic E-state index is 0.0943. The predicted molar refractivity (Wildman–Crippen MR) is 73.8 cm³/mol. The van der Waals surface area contributed by atoms with Crippen molar-refractivity contribution >= 4 is 29.1 Å². The Labute approximate surface area is 115 Å². The van der Waals surface area contributed by atoms with Crippen LogP contribution in [0.2, 0.25) is 5.02 Å². The summed E-state index contributed by atoms with van der Waals surface area (Å²) in [5.41, 5.74) is 11.5. The number of hydrogen-bond acceptors (Lipinski definition) is 3. The Bertz CT molecular complexity index is 557. The fraction of sp³-hybridized carbons (Fsp3) is 0.231. The van der Waals surface area contributed by atoms with Gasteiger partial charge in [0.2, 0.25) is 11.8 Å². The minimum atomic E-state index is -0.574. The molecule has 0 saturated heterocycles. The molecule has 2 unspecified atom stereocenters. The number of anilines is 1. The maximum atomic E-state index is 12.0. The maximum absolute atomic E-state index is 12.0. The van der Waals surface area contributed by atoms with Gasteiger partial charge < -0.3 is 16.8 Å².